The monoisotopic (exact) mass is 499 g/mol. The van der Waals surface area contributed by atoms with Gasteiger partial charge in [0.1, 0.15) is 0 Å². The molecule has 5 nitrogen and oxygen atoms in total. The summed E-state index contributed by atoms with van der Waals surface area (Å²) in [7, 11) is 0. The summed E-state index contributed by atoms with van der Waals surface area (Å²) in [6, 6.07) is 11.1. The number of fused-ring (bicyclic) bond motifs is 1. The Bertz CT molecular complexity index is 1030. The van der Waals surface area contributed by atoms with Crippen LogP contribution in [0, 0.1) is 6.92 Å². The zero-order chi connectivity index (χ0) is 21.1. The fourth-order valence-electron chi connectivity index (χ4n) is 3.53. The molecule has 0 saturated carbocycles. The molecule has 0 spiro atoms. The first-order valence-corrected chi connectivity index (χ1v) is 11.5. The normalized spacial score (nSPS) is 14.4. The average molecular weight is 501 g/mol. The van der Waals surface area contributed by atoms with Gasteiger partial charge in [-0.1, -0.05) is 40.6 Å². The van der Waals surface area contributed by atoms with Crippen LogP contribution in [0.3, 0.4) is 0 Å². The summed E-state index contributed by atoms with van der Waals surface area (Å²) in [5.41, 5.74) is 2.54. The second-order valence-electron chi connectivity index (χ2n) is 7.39. The molecule has 1 amide bonds. The van der Waals surface area contributed by atoms with Gasteiger partial charge >= 0.3 is 0 Å². The number of carbonyl (C=O) groups excluding carboxylic acids is 1. The van der Waals surface area contributed by atoms with Gasteiger partial charge < -0.3 is 4.74 Å². The van der Waals surface area contributed by atoms with E-state index in [1.807, 2.05) is 12.1 Å². The molecule has 2 heterocycles. The predicted molar refractivity (Wildman–Crippen MR) is 132 cm³/mol. The van der Waals surface area contributed by atoms with Crippen LogP contribution >= 0.6 is 46.9 Å². The van der Waals surface area contributed by atoms with E-state index < -0.39 is 0 Å². The number of hydrogen-bond donors (Lipinski definition) is 0. The lowest BCUT2D eigenvalue weighted by molar-refractivity contribution is 0.0376. The number of amides is 1. The molecule has 0 N–H and O–H groups in total. The molecule has 1 aliphatic heterocycles. The Labute approximate surface area is 202 Å². The topological polar surface area (TPSA) is 45.7 Å². The van der Waals surface area contributed by atoms with E-state index in [4.69, 9.17) is 32.9 Å². The quantitative estimate of drug-likeness (QED) is 0.435. The van der Waals surface area contributed by atoms with Gasteiger partial charge in [-0.05, 0) is 49.2 Å². The first-order chi connectivity index (χ1) is 14.5. The molecule has 0 aliphatic carbocycles. The lowest BCUT2D eigenvalue weighted by Crippen LogP contribution is -2.39. The highest BCUT2D eigenvalue weighted by Crippen LogP contribution is 2.31. The van der Waals surface area contributed by atoms with E-state index in [-0.39, 0.29) is 18.3 Å². The minimum absolute atomic E-state index is 0. The minimum atomic E-state index is -0.142. The van der Waals surface area contributed by atoms with Crippen molar-refractivity contribution < 1.29 is 9.53 Å². The van der Waals surface area contributed by atoms with Crippen molar-refractivity contribution in [2.24, 2.45) is 0 Å². The van der Waals surface area contributed by atoms with Gasteiger partial charge in [-0.2, -0.15) is 0 Å². The van der Waals surface area contributed by atoms with Crippen LogP contribution in [0.5, 0.6) is 0 Å². The molecule has 9 heteroatoms. The number of ether oxygens (including phenoxy) is 1. The van der Waals surface area contributed by atoms with E-state index in [9.17, 15) is 4.79 Å². The van der Waals surface area contributed by atoms with Crippen LogP contribution in [0.2, 0.25) is 10.0 Å². The maximum absolute atomic E-state index is 13.4. The smallest absolute Gasteiger partial charge is 0.260 e. The number of anilines is 1. The molecule has 1 saturated heterocycles. The van der Waals surface area contributed by atoms with Crippen LogP contribution in [0.25, 0.3) is 10.2 Å². The minimum Gasteiger partial charge on any atom is -0.379 e. The van der Waals surface area contributed by atoms with Crippen molar-refractivity contribution in [1.29, 1.82) is 0 Å². The first kappa shape index (κ1) is 24.2. The lowest BCUT2D eigenvalue weighted by atomic mass is 10.2. The molecule has 0 atom stereocenters. The average Bonchev–Trinajstić information content (AvgIpc) is 3.13. The Morgan fingerprint density at radius 1 is 1.16 bits per heavy atom. The zero-order valence-electron chi connectivity index (χ0n) is 17.1. The SMILES string of the molecule is Cc1ccc2nc(N(CCCN3CCOCC3)C(=O)c3cc(Cl)cc(Cl)c3)sc2c1.Cl. The summed E-state index contributed by atoms with van der Waals surface area (Å²) in [5, 5.41) is 1.58. The second kappa shape index (κ2) is 10.9. The van der Waals surface area contributed by atoms with Crippen LogP contribution in [0.4, 0.5) is 5.13 Å². The number of hydrogen-bond acceptors (Lipinski definition) is 5. The van der Waals surface area contributed by atoms with Crippen LogP contribution in [0.1, 0.15) is 22.3 Å². The Morgan fingerprint density at radius 3 is 2.58 bits per heavy atom. The zero-order valence-corrected chi connectivity index (χ0v) is 20.3. The summed E-state index contributed by atoms with van der Waals surface area (Å²) in [4.78, 5) is 22.3. The van der Waals surface area contributed by atoms with Crippen molar-refractivity contribution in [2.75, 3.05) is 44.3 Å². The van der Waals surface area contributed by atoms with Gasteiger partial charge in [0.25, 0.3) is 5.91 Å². The molecule has 166 valence electrons. The fraction of sp³-hybridized carbons (Fsp3) is 0.364. The molecule has 31 heavy (non-hydrogen) atoms. The number of aromatic nitrogens is 1. The van der Waals surface area contributed by atoms with Gasteiger partial charge in [-0.3, -0.25) is 14.6 Å². The van der Waals surface area contributed by atoms with E-state index in [0.29, 0.717) is 27.3 Å². The highest BCUT2D eigenvalue weighted by atomic mass is 35.5. The highest BCUT2D eigenvalue weighted by molar-refractivity contribution is 7.22. The molecule has 0 bridgehead atoms. The number of benzene rings is 2. The summed E-state index contributed by atoms with van der Waals surface area (Å²) in [6.07, 6.45) is 0.842. The fourth-order valence-corrected chi connectivity index (χ4v) is 5.14. The van der Waals surface area contributed by atoms with E-state index in [1.165, 1.54) is 16.9 Å². The number of halogens is 3. The molecular weight excluding hydrogens is 477 g/mol. The van der Waals surface area contributed by atoms with E-state index in [1.54, 1.807) is 23.1 Å². The van der Waals surface area contributed by atoms with Crippen molar-refractivity contribution in [2.45, 2.75) is 13.3 Å². The van der Waals surface area contributed by atoms with E-state index in [0.717, 1.165) is 49.5 Å². The molecule has 0 unspecified atom stereocenters. The molecule has 1 aliphatic rings. The van der Waals surface area contributed by atoms with Gasteiger partial charge in [0.15, 0.2) is 5.13 Å². The van der Waals surface area contributed by atoms with Crippen LogP contribution in [-0.2, 0) is 4.74 Å². The van der Waals surface area contributed by atoms with Crippen molar-refractivity contribution in [1.82, 2.24) is 9.88 Å². The standard InChI is InChI=1S/C22H23Cl2N3O2S.ClH/c1-15-3-4-19-20(11-15)30-22(25-19)27(6-2-5-26-7-9-29-10-8-26)21(28)16-12-17(23)14-18(24)13-16;/h3-4,11-14H,2,5-10H2,1H3;1H. The molecule has 1 fully saturated rings. The van der Waals surface area contributed by atoms with Gasteiger partial charge in [0.2, 0.25) is 0 Å². The third-order valence-electron chi connectivity index (χ3n) is 5.08. The van der Waals surface area contributed by atoms with E-state index in [2.05, 4.69) is 17.9 Å². The number of carbonyl (C=O) groups is 1. The van der Waals surface area contributed by atoms with Gasteiger partial charge in [0.05, 0.1) is 23.4 Å². The third-order valence-corrected chi connectivity index (χ3v) is 6.56. The van der Waals surface area contributed by atoms with Crippen molar-refractivity contribution in [3.05, 3.63) is 57.6 Å². The van der Waals surface area contributed by atoms with E-state index >= 15 is 0 Å². The number of aryl methyl sites for hydroxylation is 1. The Kier molecular flexibility index (Phi) is 8.56. The van der Waals surface area contributed by atoms with Gasteiger partial charge in [0, 0.05) is 41.8 Å². The van der Waals surface area contributed by atoms with Crippen LogP contribution in [-0.4, -0.2) is 55.2 Å². The maximum atomic E-state index is 13.4. The molecule has 4 rings (SSSR count). The first-order valence-electron chi connectivity index (χ1n) is 9.95. The Balaban J connectivity index is 0.00000272. The maximum Gasteiger partial charge on any atom is 0.260 e. The van der Waals surface area contributed by atoms with Crippen molar-refractivity contribution in [3.63, 3.8) is 0 Å². The Hall–Kier alpha value is -1.41. The number of rotatable bonds is 6. The summed E-state index contributed by atoms with van der Waals surface area (Å²) < 4.78 is 6.49. The van der Waals surface area contributed by atoms with Gasteiger partial charge in [-0.25, -0.2) is 4.98 Å². The van der Waals surface area contributed by atoms with Crippen molar-refractivity contribution in [3.8, 4) is 0 Å². The molecule has 1 aromatic heterocycles. The molecule has 0 radical (unpaired) electrons. The predicted octanol–water partition coefficient (Wildman–Crippen LogP) is 5.70. The van der Waals surface area contributed by atoms with Crippen molar-refractivity contribution >= 4 is 68.2 Å². The number of morpholine rings is 1. The molecular formula is C22H24Cl3N3O2S. The second-order valence-corrected chi connectivity index (χ2v) is 9.27. The summed E-state index contributed by atoms with van der Waals surface area (Å²) in [5.74, 6) is -0.142. The number of thiazole rings is 1. The van der Waals surface area contributed by atoms with Crippen LogP contribution < -0.4 is 4.90 Å². The third kappa shape index (κ3) is 6.09. The summed E-state index contributed by atoms with van der Waals surface area (Å²) >= 11 is 13.8. The lowest BCUT2D eigenvalue weighted by Gasteiger charge is -2.27. The molecule has 2 aromatic carbocycles. The van der Waals surface area contributed by atoms with Crippen LogP contribution in [0.15, 0.2) is 36.4 Å². The highest BCUT2D eigenvalue weighted by Gasteiger charge is 2.22. The molecule has 3 aromatic rings. The number of nitrogens with zero attached hydrogens (tertiary/aromatic N) is 3. The Morgan fingerprint density at radius 2 is 1.87 bits per heavy atom. The largest absolute Gasteiger partial charge is 0.379 e. The van der Waals surface area contributed by atoms with Gasteiger partial charge in [-0.15, -0.1) is 12.4 Å². The summed E-state index contributed by atoms with van der Waals surface area (Å²) in [6.45, 7) is 6.92.